The number of nitrogens with one attached hydrogen (secondary N) is 1. The number of hydrogen-bond donors (Lipinski definition) is 1. The van der Waals surface area contributed by atoms with Gasteiger partial charge in [0.05, 0.1) is 9.35 Å². The average molecular weight is 364 g/mol. The van der Waals surface area contributed by atoms with E-state index in [0.29, 0.717) is 6.42 Å². The normalized spacial score (nSPS) is 13.4. The molecular formula is C14H13BrF3NS. The molecule has 0 fully saturated rings. The summed E-state index contributed by atoms with van der Waals surface area (Å²) >= 11 is 5.03. The van der Waals surface area contributed by atoms with Crippen LogP contribution in [-0.4, -0.2) is 7.05 Å². The van der Waals surface area contributed by atoms with Gasteiger partial charge in [0.15, 0.2) is 0 Å². The first-order valence-electron chi connectivity index (χ1n) is 5.99. The fraction of sp³-hybridized carbons (Fsp3) is 0.286. The third kappa shape index (κ3) is 3.84. The van der Waals surface area contributed by atoms with Gasteiger partial charge in [0.2, 0.25) is 0 Å². The molecule has 1 heterocycles. The van der Waals surface area contributed by atoms with Crippen molar-refractivity contribution in [2.45, 2.75) is 18.6 Å². The number of alkyl halides is 3. The van der Waals surface area contributed by atoms with Crippen molar-refractivity contribution in [3.63, 3.8) is 0 Å². The van der Waals surface area contributed by atoms with Gasteiger partial charge in [-0.3, -0.25) is 0 Å². The lowest BCUT2D eigenvalue weighted by molar-refractivity contribution is -0.137. The maximum absolute atomic E-state index is 12.5. The molecule has 0 aliphatic heterocycles. The smallest absolute Gasteiger partial charge is 0.312 e. The fourth-order valence-electron chi connectivity index (χ4n) is 1.93. The molecular weight excluding hydrogens is 351 g/mol. The molecule has 108 valence electrons. The van der Waals surface area contributed by atoms with Gasteiger partial charge < -0.3 is 5.32 Å². The van der Waals surface area contributed by atoms with Crippen LogP contribution in [0.25, 0.3) is 0 Å². The van der Waals surface area contributed by atoms with Crippen molar-refractivity contribution in [2.75, 3.05) is 7.05 Å². The molecule has 0 saturated carbocycles. The van der Waals surface area contributed by atoms with Crippen molar-refractivity contribution < 1.29 is 13.2 Å². The number of hydrogen-bond acceptors (Lipinski definition) is 2. The van der Waals surface area contributed by atoms with Gasteiger partial charge >= 0.3 is 6.18 Å². The van der Waals surface area contributed by atoms with Crippen molar-refractivity contribution >= 4 is 27.3 Å². The van der Waals surface area contributed by atoms with Gasteiger partial charge in [-0.25, -0.2) is 0 Å². The van der Waals surface area contributed by atoms with Crippen LogP contribution in [0.3, 0.4) is 0 Å². The number of rotatable bonds is 4. The Bertz CT molecular complexity index is 563. The predicted octanol–water partition coefficient (Wildman–Crippen LogP) is 5.03. The van der Waals surface area contributed by atoms with Gasteiger partial charge in [-0.2, -0.15) is 13.2 Å². The summed E-state index contributed by atoms with van der Waals surface area (Å²) in [5.74, 6) is 0. The predicted molar refractivity (Wildman–Crippen MR) is 79.0 cm³/mol. The lowest BCUT2D eigenvalue weighted by atomic mass is 10.0. The Morgan fingerprint density at radius 1 is 1.15 bits per heavy atom. The highest BCUT2D eigenvalue weighted by atomic mass is 79.9. The van der Waals surface area contributed by atoms with Crippen LogP contribution in [0.2, 0.25) is 0 Å². The number of likely N-dealkylation sites (N-methyl/N-ethyl adjacent to an activating group) is 1. The SMILES string of the molecule is CNC(Cc1ccc(C(F)(F)F)cc1)c1ccc(Br)s1. The number of thiophene rings is 1. The number of halogens is 4. The summed E-state index contributed by atoms with van der Waals surface area (Å²) in [6.07, 6.45) is -3.62. The zero-order chi connectivity index (χ0) is 14.8. The standard InChI is InChI=1S/C14H13BrF3NS/c1-19-11(12-6-7-13(15)20-12)8-9-2-4-10(5-3-9)14(16,17)18/h2-7,11,19H,8H2,1H3. The Labute approximate surface area is 128 Å². The maximum Gasteiger partial charge on any atom is 0.416 e. The Morgan fingerprint density at radius 2 is 1.80 bits per heavy atom. The summed E-state index contributed by atoms with van der Waals surface area (Å²) in [5.41, 5.74) is 0.267. The second-order valence-corrected chi connectivity index (χ2v) is 6.88. The van der Waals surface area contributed by atoms with E-state index in [-0.39, 0.29) is 6.04 Å². The van der Waals surface area contributed by atoms with Gasteiger partial charge in [-0.15, -0.1) is 11.3 Å². The first-order valence-corrected chi connectivity index (χ1v) is 7.59. The second-order valence-electron chi connectivity index (χ2n) is 4.38. The highest BCUT2D eigenvalue weighted by molar-refractivity contribution is 9.11. The highest BCUT2D eigenvalue weighted by Gasteiger charge is 2.30. The Balaban J connectivity index is 2.12. The third-order valence-corrected chi connectivity index (χ3v) is 4.74. The zero-order valence-electron chi connectivity index (χ0n) is 10.7. The molecule has 0 saturated heterocycles. The Kier molecular flexibility index (Phi) is 4.88. The van der Waals surface area contributed by atoms with E-state index in [1.165, 1.54) is 12.1 Å². The fourth-order valence-corrected chi connectivity index (χ4v) is 3.46. The van der Waals surface area contributed by atoms with E-state index >= 15 is 0 Å². The van der Waals surface area contributed by atoms with Crippen LogP contribution in [0.5, 0.6) is 0 Å². The summed E-state index contributed by atoms with van der Waals surface area (Å²) in [4.78, 5) is 1.15. The molecule has 1 nitrogen and oxygen atoms in total. The molecule has 2 rings (SSSR count). The molecule has 1 unspecified atom stereocenters. The summed E-state index contributed by atoms with van der Waals surface area (Å²) in [6.45, 7) is 0. The van der Waals surface area contributed by atoms with E-state index in [0.717, 1.165) is 26.4 Å². The second kappa shape index (κ2) is 6.28. The van der Waals surface area contributed by atoms with Gasteiger partial charge in [0, 0.05) is 10.9 Å². The molecule has 0 radical (unpaired) electrons. The van der Waals surface area contributed by atoms with E-state index in [1.807, 2.05) is 19.2 Å². The highest BCUT2D eigenvalue weighted by Crippen LogP contribution is 2.31. The summed E-state index contributed by atoms with van der Waals surface area (Å²) in [7, 11) is 1.85. The van der Waals surface area contributed by atoms with E-state index in [9.17, 15) is 13.2 Å². The van der Waals surface area contributed by atoms with Gasteiger partial charge in [0.25, 0.3) is 0 Å². The van der Waals surface area contributed by atoms with Crippen LogP contribution in [0.4, 0.5) is 13.2 Å². The van der Waals surface area contributed by atoms with E-state index < -0.39 is 11.7 Å². The van der Waals surface area contributed by atoms with Crippen molar-refractivity contribution in [2.24, 2.45) is 0 Å². The van der Waals surface area contributed by atoms with Crippen molar-refractivity contribution in [1.82, 2.24) is 5.32 Å². The van der Waals surface area contributed by atoms with Crippen molar-refractivity contribution in [3.8, 4) is 0 Å². The molecule has 2 aromatic rings. The Hall–Kier alpha value is -0.850. The van der Waals surface area contributed by atoms with Crippen LogP contribution in [0.15, 0.2) is 40.2 Å². The summed E-state index contributed by atoms with van der Waals surface area (Å²) < 4.78 is 38.5. The van der Waals surface area contributed by atoms with E-state index in [4.69, 9.17) is 0 Å². The molecule has 1 atom stereocenters. The summed E-state index contributed by atoms with van der Waals surface area (Å²) in [5, 5.41) is 3.19. The minimum absolute atomic E-state index is 0.100. The van der Waals surface area contributed by atoms with Crippen molar-refractivity contribution in [1.29, 1.82) is 0 Å². The molecule has 1 aromatic heterocycles. The molecule has 0 amide bonds. The van der Waals surface area contributed by atoms with Crippen LogP contribution in [0.1, 0.15) is 22.0 Å². The average Bonchev–Trinajstić information content (AvgIpc) is 2.82. The van der Waals surface area contributed by atoms with Gasteiger partial charge in [-0.1, -0.05) is 12.1 Å². The minimum Gasteiger partial charge on any atom is -0.312 e. The quantitative estimate of drug-likeness (QED) is 0.802. The zero-order valence-corrected chi connectivity index (χ0v) is 13.1. The van der Waals surface area contributed by atoms with Crippen molar-refractivity contribution in [3.05, 3.63) is 56.2 Å². The third-order valence-electron chi connectivity index (χ3n) is 3.01. The van der Waals surface area contributed by atoms with E-state index in [2.05, 4.69) is 21.2 Å². The molecule has 20 heavy (non-hydrogen) atoms. The molecule has 0 aliphatic carbocycles. The lowest BCUT2D eigenvalue weighted by Gasteiger charge is -2.15. The number of benzene rings is 1. The first kappa shape index (κ1) is 15.5. The lowest BCUT2D eigenvalue weighted by Crippen LogP contribution is -2.17. The van der Waals surface area contributed by atoms with Crippen LogP contribution < -0.4 is 5.32 Å². The molecule has 0 bridgehead atoms. The monoisotopic (exact) mass is 363 g/mol. The topological polar surface area (TPSA) is 12.0 Å². The largest absolute Gasteiger partial charge is 0.416 e. The van der Waals surface area contributed by atoms with Crippen LogP contribution >= 0.6 is 27.3 Å². The Morgan fingerprint density at radius 3 is 2.25 bits per heavy atom. The maximum atomic E-state index is 12.5. The summed E-state index contributed by atoms with van der Waals surface area (Å²) in [6, 6.07) is 9.42. The molecule has 0 spiro atoms. The minimum atomic E-state index is -4.28. The van der Waals surface area contributed by atoms with Gasteiger partial charge in [0.1, 0.15) is 0 Å². The molecule has 0 aliphatic rings. The molecule has 6 heteroatoms. The van der Waals surface area contributed by atoms with Crippen LogP contribution in [-0.2, 0) is 12.6 Å². The van der Waals surface area contributed by atoms with Gasteiger partial charge in [-0.05, 0) is 59.2 Å². The van der Waals surface area contributed by atoms with E-state index in [1.54, 1.807) is 11.3 Å². The molecule has 1 aromatic carbocycles. The van der Waals surface area contributed by atoms with Crippen LogP contribution in [0, 0.1) is 0 Å². The molecule has 1 N–H and O–H groups in total. The first-order chi connectivity index (χ1) is 9.40.